The number of phenolic OH excluding ortho intramolecular Hbond substituents is 1. The average molecular weight is 418 g/mol. The summed E-state index contributed by atoms with van der Waals surface area (Å²) < 4.78 is 4.92. The van der Waals surface area contributed by atoms with Crippen molar-refractivity contribution in [2.75, 3.05) is 7.11 Å². The van der Waals surface area contributed by atoms with Crippen molar-refractivity contribution in [3.05, 3.63) is 67.8 Å². The SMILES string of the molecule is COc1cc(/C=C(\Cl)c2nc3cc(C(=O)O)ccc3c(=O)[nH]2)cc([N+](=O)[O-])c1O. The second kappa shape index (κ2) is 7.60. The molecule has 0 unspecified atom stereocenters. The van der Waals surface area contributed by atoms with Gasteiger partial charge in [0.05, 0.1) is 33.5 Å². The number of ether oxygens (including phenoxy) is 1. The minimum absolute atomic E-state index is 0.0550. The van der Waals surface area contributed by atoms with Gasteiger partial charge in [0, 0.05) is 6.07 Å². The highest BCUT2D eigenvalue weighted by atomic mass is 35.5. The van der Waals surface area contributed by atoms with Crippen LogP contribution < -0.4 is 10.3 Å². The smallest absolute Gasteiger partial charge is 0.335 e. The Kier molecular flexibility index (Phi) is 5.20. The molecule has 0 saturated heterocycles. The van der Waals surface area contributed by atoms with Crippen molar-refractivity contribution in [2.45, 2.75) is 0 Å². The van der Waals surface area contributed by atoms with Crippen LogP contribution in [0.3, 0.4) is 0 Å². The molecule has 0 spiro atoms. The van der Waals surface area contributed by atoms with Gasteiger partial charge in [0.25, 0.3) is 5.56 Å². The Morgan fingerprint density at radius 3 is 2.69 bits per heavy atom. The lowest BCUT2D eigenvalue weighted by molar-refractivity contribution is -0.386. The molecular weight excluding hydrogens is 406 g/mol. The minimum atomic E-state index is -1.18. The molecule has 0 amide bonds. The van der Waals surface area contributed by atoms with Crippen LogP contribution in [0.4, 0.5) is 5.69 Å². The van der Waals surface area contributed by atoms with Crippen LogP contribution in [0.2, 0.25) is 0 Å². The number of aromatic nitrogens is 2. The Morgan fingerprint density at radius 1 is 1.34 bits per heavy atom. The first-order chi connectivity index (χ1) is 13.7. The van der Waals surface area contributed by atoms with E-state index in [1.807, 2.05) is 0 Å². The predicted molar refractivity (Wildman–Crippen MR) is 104 cm³/mol. The number of halogens is 1. The fourth-order valence-corrected chi connectivity index (χ4v) is 2.81. The first kappa shape index (κ1) is 19.8. The highest BCUT2D eigenvalue weighted by Gasteiger charge is 2.20. The Hall–Kier alpha value is -3.92. The molecule has 0 bridgehead atoms. The maximum Gasteiger partial charge on any atom is 0.335 e. The second-order valence-corrected chi connectivity index (χ2v) is 6.20. The summed E-state index contributed by atoms with van der Waals surface area (Å²) in [4.78, 5) is 40.3. The maximum absolute atomic E-state index is 12.3. The lowest BCUT2D eigenvalue weighted by Crippen LogP contribution is -2.11. The summed E-state index contributed by atoms with van der Waals surface area (Å²) in [5.74, 6) is -2.02. The lowest BCUT2D eigenvalue weighted by Gasteiger charge is -2.06. The molecule has 3 aromatic rings. The maximum atomic E-state index is 12.3. The van der Waals surface area contributed by atoms with Gasteiger partial charge in [0.1, 0.15) is 0 Å². The van der Waals surface area contributed by atoms with Gasteiger partial charge in [-0.15, -0.1) is 0 Å². The Morgan fingerprint density at radius 2 is 2.07 bits per heavy atom. The summed E-state index contributed by atoms with van der Waals surface area (Å²) in [5.41, 5.74) is -0.864. The van der Waals surface area contributed by atoms with Crippen LogP contribution in [-0.2, 0) is 0 Å². The number of H-pyrrole nitrogens is 1. The van der Waals surface area contributed by atoms with Crippen molar-refractivity contribution in [2.24, 2.45) is 0 Å². The molecule has 148 valence electrons. The van der Waals surface area contributed by atoms with E-state index in [2.05, 4.69) is 9.97 Å². The molecule has 0 aliphatic rings. The number of rotatable bonds is 5. The van der Waals surface area contributed by atoms with Crippen molar-refractivity contribution >= 4 is 45.3 Å². The molecule has 3 N–H and O–H groups in total. The monoisotopic (exact) mass is 417 g/mol. The number of carbonyl (C=O) groups is 1. The molecule has 1 heterocycles. The highest BCUT2D eigenvalue weighted by molar-refractivity contribution is 6.50. The van der Waals surface area contributed by atoms with Crippen LogP contribution in [0.25, 0.3) is 22.0 Å². The van der Waals surface area contributed by atoms with Crippen molar-refractivity contribution in [1.29, 1.82) is 0 Å². The molecule has 10 nitrogen and oxygen atoms in total. The van der Waals surface area contributed by atoms with E-state index in [9.17, 15) is 24.8 Å². The molecule has 0 atom stereocenters. The van der Waals surface area contributed by atoms with Gasteiger partial charge in [0.15, 0.2) is 11.6 Å². The molecule has 0 radical (unpaired) electrons. The van der Waals surface area contributed by atoms with E-state index >= 15 is 0 Å². The minimum Gasteiger partial charge on any atom is -0.500 e. The summed E-state index contributed by atoms with van der Waals surface area (Å²) in [6.07, 6.45) is 1.28. The number of nitrogens with zero attached hydrogens (tertiary/aromatic N) is 2. The molecule has 0 aliphatic heterocycles. The molecular formula is C18H12ClN3O7. The van der Waals surface area contributed by atoms with Gasteiger partial charge >= 0.3 is 11.7 Å². The van der Waals surface area contributed by atoms with E-state index in [0.717, 1.165) is 6.07 Å². The van der Waals surface area contributed by atoms with E-state index in [1.54, 1.807) is 0 Å². The molecule has 2 aromatic carbocycles. The van der Waals surface area contributed by atoms with Gasteiger partial charge in [-0.3, -0.25) is 14.9 Å². The van der Waals surface area contributed by atoms with Crippen molar-refractivity contribution in [3.8, 4) is 11.5 Å². The first-order valence-corrected chi connectivity index (χ1v) is 8.29. The number of nitro benzene ring substituents is 1. The number of nitro groups is 1. The van der Waals surface area contributed by atoms with E-state index in [1.165, 1.54) is 37.5 Å². The van der Waals surface area contributed by atoms with Crippen molar-refractivity contribution in [3.63, 3.8) is 0 Å². The zero-order chi connectivity index (χ0) is 21.3. The number of benzene rings is 2. The van der Waals surface area contributed by atoms with E-state index in [-0.39, 0.29) is 38.6 Å². The molecule has 0 fully saturated rings. The third-order valence-corrected chi connectivity index (χ3v) is 4.25. The molecule has 11 heteroatoms. The van der Waals surface area contributed by atoms with Crippen LogP contribution in [0.1, 0.15) is 21.7 Å². The van der Waals surface area contributed by atoms with Crippen LogP contribution in [-0.4, -0.2) is 38.2 Å². The highest BCUT2D eigenvalue weighted by Crippen LogP contribution is 2.38. The number of aromatic amines is 1. The summed E-state index contributed by atoms with van der Waals surface area (Å²) in [7, 11) is 1.23. The van der Waals surface area contributed by atoms with Gasteiger partial charge in [-0.2, -0.15) is 0 Å². The third-order valence-electron chi connectivity index (χ3n) is 3.97. The number of fused-ring (bicyclic) bond motifs is 1. The summed E-state index contributed by atoms with van der Waals surface area (Å²) in [6.45, 7) is 0. The number of aromatic carboxylic acids is 1. The van der Waals surface area contributed by atoms with Crippen LogP contribution >= 0.6 is 11.6 Å². The van der Waals surface area contributed by atoms with Gasteiger partial charge in [0.2, 0.25) is 5.75 Å². The summed E-state index contributed by atoms with van der Waals surface area (Å²) in [6, 6.07) is 6.23. The standard InChI is InChI=1S/C18H12ClN3O7/c1-29-14-6-8(5-13(15(14)23)22(27)28)4-11(19)16-20-12-7-9(18(25)26)2-3-10(12)17(24)21-16/h2-7,23H,1H3,(H,25,26)(H,20,21,24)/b11-4-. The normalized spacial score (nSPS) is 11.4. The number of hydrogen-bond acceptors (Lipinski definition) is 7. The topological polar surface area (TPSA) is 156 Å². The molecule has 0 aliphatic carbocycles. The van der Waals surface area contributed by atoms with Crippen LogP contribution in [0, 0.1) is 10.1 Å². The quantitative estimate of drug-likeness (QED) is 0.422. The Bertz CT molecular complexity index is 1250. The molecule has 1 aromatic heterocycles. The number of carboxylic acids is 1. The zero-order valence-corrected chi connectivity index (χ0v) is 15.4. The number of aromatic hydroxyl groups is 1. The van der Waals surface area contributed by atoms with Gasteiger partial charge in [-0.25, -0.2) is 9.78 Å². The Labute approximate surface area is 166 Å². The lowest BCUT2D eigenvalue weighted by atomic mass is 10.1. The average Bonchev–Trinajstić information content (AvgIpc) is 2.68. The largest absolute Gasteiger partial charge is 0.500 e. The van der Waals surface area contributed by atoms with Gasteiger partial charge < -0.3 is 19.9 Å². The van der Waals surface area contributed by atoms with Crippen molar-refractivity contribution in [1.82, 2.24) is 9.97 Å². The summed E-state index contributed by atoms with van der Waals surface area (Å²) in [5, 5.41) is 30.1. The zero-order valence-electron chi connectivity index (χ0n) is 14.7. The second-order valence-electron chi connectivity index (χ2n) is 5.79. The van der Waals surface area contributed by atoms with Crippen LogP contribution in [0.5, 0.6) is 11.5 Å². The first-order valence-electron chi connectivity index (χ1n) is 7.91. The van der Waals surface area contributed by atoms with E-state index in [4.69, 9.17) is 21.4 Å². The van der Waals surface area contributed by atoms with Crippen molar-refractivity contribution < 1.29 is 24.7 Å². The van der Waals surface area contributed by atoms with Gasteiger partial charge in [-0.1, -0.05) is 11.6 Å². The Balaban J connectivity index is 2.14. The number of hydrogen-bond donors (Lipinski definition) is 3. The number of carboxylic acid groups (broad SMARTS) is 1. The van der Waals surface area contributed by atoms with Crippen LogP contribution in [0.15, 0.2) is 35.1 Å². The fraction of sp³-hybridized carbons (Fsp3) is 0.0556. The number of phenols is 1. The molecule has 3 rings (SSSR count). The third kappa shape index (κ3) is 3.87. The predicted octanol–water partition coefficient (Wildman–Crippen LogP) is 2.98. The number of nitrogens with one attached hydrogen (secondary N) is 1. The molecule has 0 saturated carbocycles. The van der Waals surface area contributed by atoms with E-state index in [0.29, 0.717) is 0 Å². The molecule has 29 heavy (non-hydrogen) atoms. The summed E-state index contributed by atoms with van der Waals surface area (Å²) >= 11 is 6.22. The number of methoxy groups -OCH3 is 1. The van der Waals surface area contributed by atoms with E-state index < -0.39 is 27.9 Å². The fourth-order valence-electron chi connectivity index (χ4n) is 2.59. The van der Waals surface area contributed by atoms with Gasteiger partial charge in [-0.05, 0) is 35.9 Å².